The summed E-state index contributed by atoms with van der Waals surface area (Å²) < 4.78 is 1.76. The Hall–Kier alpha value is -3.48. The third-order valence-corrected chi connectivity index (χ3v) is 5.20. The van der Waals surface area contributed by atoms with E-state index in [1.54, 1.807) is 16.8 Å². The standard InChI is InChI=1S/C24H27N5O2/c1-15-10-13-17(14-19(15)26-23(31)24(2,3)4)25-22(30)20-27-21(16-11-12-16)29(28-20)18-8-6-5-7-9-18/h5-10,13-14,16H,11-12H2,1-4H3,(H,25,30)(H,26,31). The maximum atomic E-state index is 12.9. The molecule has 0 unspecified atom stereocenters. The van der Waals surface area contributed by atoms with Gasteiger partial charge in [0.1, 0.15) is 5.82 Å². The highest BCUT2D eigenvalue weighted by molar-refractivity contribution is 6.02. The average molecular weight is 418 g/mol. The summed E-state index contributed by atoms with van der Waals surface area (Å²) in [6, 6.07) is 15.1. The Morgan fingerprint density at radius 3 is 2.39 bits per heavy atom. The summed E-state index contributed by atoms with van der Waals surface area (Å²) in [7, 11) is 0. The molecule has 0 spiro atoms. The number of para-hydroxylation sites is 1. The molecule has 0 saturated heterocycles. The molecule has 2 aromatic carbocycles. The summed E-state index contributed by atoms with van der Waals surface area (Å²) in [5.41, 5.74) is 2.53. The zero-order valence-corrected chi connectivity index (χ0v) is 18.3. The molecule has 1 aromatic heterocycles. The van der Waals surface area contributed by atoms with Crippen molar-refractivity contribution in [1.82, 2.24) is 14.8 Å². The predicted molar refractivity (Wildman–Crippen MR) is 121 cm³/mol. The summed E-state index contributed by atoms with van der Waals surface area (Å²) in [6.45, 7) is 7.48. The van der Waals surface area contributed by atoms with Crippen molar-refractivity contribution >= 4 is 23.2 Å². The summed E-state index contributed by atoms with van der Waals surface area (Å²) in [5, 5.41) is 10.3. The minimum Gasteiger partial charge on any atom is -0.325 e. The highest BCUT2D eigenvalue weighted by Crippen LogP contribution is 2.39. The zero-order chi connectivity index (χ0) is 22.2. The van der Waals surface area contributed by atoms with E-state index in [-0.39, 0.29) is 17.6 Å². The molecule has 1 fully saturated rings. The number of aromatic nitrogens is 3. The van der Waals surface area contributed by atoms with Crippen LogP contribution >= 0.6 is 0 Å². The molecule has 2 N–H and O–H groups in total. The molecule has 160 valence electrons. The van der Waals surface area contributed by atoms with Crippen LogP contribution in [0.2, 0.25) is 0 Å². The van der Waals surface area contributed by atoms with Crippen molar-refractivity contribution in [1.29, 1.82) is 0 Å². The Labute approximate surface area is 181 Å². The fourth-order valence-electron chi connectivity index (χ4n) is 3.12. The molecule has 0 aliphatic heterocycles. The second-order valence-electron chi connectivity index (χ2n) is 9.00. The van der Waals surface area contributed by atoms with Crippen LogP contribution in [0, 0.1) is 12.3 Å². The number of hydrogen-bond donors (Lipinski definition) is 2. The van der Waals surface area contributed by atoms with Crippen LogP contribution < -0.4 is 10.6 Å². The lowest BCUT2D eigenvalue weighted by Gasteiger charge is -2.19. The Balaban J connectivity index is 1.56. The van der Waals surface area contributed by atoms with E-state index >= 15 is 0 Å². The number of carbonyl (C=O) groups excluding carboxylic acids is 2. The van der Waals surface area contributed by atoms with Crippen LogP contribution in [-0.2, 0) is 4.79 Å². The monoisotopic (exact) mass is 417 g/mol. The average Bonchev–Trinajstić information content (AvgIpc) is 3.48. The minimum atomic E-state index is -0.515. The van der Waals surface area contributed by atoms with Gasteiger partial charge in [-0.1, -0.05) is 45.0 Å². The fraction of sp³-hybridized carbons (Fsp3) is 0.333. The largest absolute Gasteiger partial charge is 0.325 e. The van der Waals surface area contributed by atoms with Gasteiger partial charge in [-0.25, -0.2) is 9.67 Å². The van der Waals surface area contributed by atoms with E-state index in [2.05, 4.69) is 20.7 Å². The van der Waals surface area contributed by atoms with Crippen LogP contribution in [0.5, 0.6) is 0 Å². The van der Waals surface area contributed by atoms with Gasteiger partial charge in [-0.15, -0.1) is 5.10 Å². The number of rotatable bonds is 5. The summed E-state index contributed by atoms with van der Waals surface area (Å²) in [4.78, 5) is 29.8. The third-order valence-electron chi connectivity index (χ3n) is 5.20. The molecule has 1 aliphatic rings. The van der Waals surface area contributed by atoms with E-state index in [4.69, 9.17) is 0 Å². The molecule has 0 radical (unpaired) electrons. The smallest absolute Gasteiger partial charge is 0.295 e. The Kier molecular flexibility index (Phi) is 5.35. The van der Waals surface area contributed by atoms with E-state index in [0.717, 1.165) is 29.9 Å². The van der Waals surface area contributed by atoms with Gasteiger partial charge in [0, 0.05) is 22.7 Å². The van der Waals surface area contributed by atoms with Crippen molar-refractivity contribution in [3.63, 3.8) is 0 Å². The van der Waals surface area contributed by atoms with Gasteiger partial charge in [-0.05, 0) is 49.6 Å². The lowest BCUT2D eigenvalue weighted by atomic mass is 9.95. The quantitative estimate of drug-likeness (QED) is 0.630. The summed E-state index contributed by atoms with van der Waals surface area (Å²) >= 11 is 0. The molecule has 3 aromatic rings. The van der Waals surface area contributed by atoms with Gasteiger partial charge in [0.25, 0.3) is 5.91 Å². The predicted octanol–water partition coefficient (Wildman–Crippen LogP) is 4.69. The minimum absolute atomic E-state index is 0.0866. The van der Waals surface area contributed by atoms with E-state index in [1.807, 2.05) is 64.1 Å². The highest BCUT2D eigenvalue weighted by atomic mass is 16.2. The molecule has 1 saturated carbocycles. The highest BCUT2D eigenvalue weighted by Gasteiger charge is 2.31. The van der Waals surface area contributed by atoms with Gasteiger partial charge < -0.3 is 10.6 Å². The van der Waals surface area contributed by atoms with E-state index in [9.17, 15) is 9.59 Å². The normalized spacial score (nSPS) is 13.7. The first-order valence-electron chi connectivity index (χ1n) is 10.5. The van der Waals surface area contributed by atoms with Crippen LogP contribution in [0.3, 0.4) is 0 Å². The molecule has 4 rings (SSSR count). The molecular weight excluding hydrogens is 390 g/mol. The SMILES string of the molecule is Cc1ccc(NC(=O)c2nc(C3CC3)n(-c3ccccc3)n2)cc1NC(=O)C(C)(C)C. The lowest BCUT2D eigenvalue weighted by molar-refractivity contribution is -0.123. The summed E-state index contributed by atoms with van der Waals surface area (Å²) in [5.74, 6) is 0.822. The van der Waals surface area contributed by atoms with Gasteiger partial charge in [-0.2, -0.15) is 0 Å². The molecule has 31 heavy (non-hydrogen) atoms. The first kappa shape index (κ1) is 20.8. The third kappa shape index (κ3) is 4.66. The number of carbonyl (C=O) groups is 2. The van der Waals surface area contributed by atoms with Crippen molar-refractivity contribution in [2.45, 2.75) is 46.5 Å². The molecular formula is C24H27N5O2. The second-order valence-corrected chi connectivity index (χ2v) is 9.00. The first-order valence-corrected chi connectivity index (χ1v) is 10.5. The van der Waals surface area contributed by atoms with Crippen molar-refractivity contribution < 1.29 is 9.59 Å². The Bertz CT molecular complexity index is 1120. The molecule has 1 aliphatic carbocycles. The van der Waals surface area contributed by atoms with Crippen LogP contribution in [0.4, 0.5) is 11.4 Å². The molecule has 0 atom stereocenters. The summed E-state index contributed by atoms with van der Waals surface area (Å²) in [6.07, 6.45) is 2.11. The number of aryl methyl sites for hydroxylation is 1. The van der Waals surface area contributed by atoms with Crippen molar-refractivity contribution in [3.8, 4) is 5.69 Å². The van der Waals surface area contributed by atoms with Crippen LogP contribution in [0.15, 0.2) is 48.5 Å². The van der Waals surface area contributed by atoms with E-state index in [1.165, 1.54) is 0 Å². The zero-order valence-electron chi connectivity index (χ0n) is 18.3. The number of anilines is 2. The lowest BCUT2D eigenvalue weighted by Crippen LogP contribution is -2.28. The van der Waals surface area contributed by atoms with Crippen LogP contribution in [-0.4, -0.2) is 26.6 Å². The van der Waals surface area contributed by atoms with E-state index < -0.39 is 5.41 Å². The first-order chi connectivity index (χ1) is 14.7. The van der Waals surface area contributed by atoms with Crippen molar-refractivity contribution in [3.05, 3.63) is 65.7 Å². The maximum absolute atomic E-state index is 12.9. The van der Waals surface area contributed by atoms with Gasteiger partial charge in [0.2, 0.25) is 11.7 Å². The van der Waals surface area contributed by atoms with Crippen LogP contribution in [0.1, 0.15) is 61.5 Å². The fourth-order valence-corrected chi connectivity index (χ4v) is 3.12. The number of hydrogen-bond acceptors (Lipinski definition) is 4. The number of nitrogens with one attached hydrogen (secondary N) is 2. The van der Waals surface area contributed by atoms with Crippen molar-refractivity contribution in [2.24, 2.45) is 5.41 Å². The maximum Gasteiger partial charge on any atom is 0.295 e. The molecule has 7 heteroatoms. The Morgan fingerprint density at radius 2 is 1.74 bits per heavy atom. The number of nitrogens with zero attached hydrogens (tertiary/aromatic N) is 3. The van der Waals surface area contributed by atoms with E-state index in [0.29, 0.717) is 17.3 Å². The Morgan fingerprint density at radius 1 is 1.03 bits per heavy atom. The van der Waals surface area contributed by atoms with Gasteiger partial charge >= 0.3 is 0 Å². The van der Waals surface area contributed by atoms with Crippen molar-refractivity contribution in [2.75, 3.05) is 10.6 Å². The number of amides is 2. The molecule has 7 nitrogen and oxygen atoms in total. The van der Waals surface area contributed by atoms with Gasteiger partial charge in [0.15, 0.2) is 0 Å². The topological polar surface area (TPSA) is 88.9 Å². The van der Waals surface area contributed by atoms with Gasteiger partial charge in [0.05, 0.1) is 5.69 Å². The molecule has 0 bridgehead atoms. The van der Waals surface area contributed by atoms with Crippen LogP contribution in [0.25, 0.3) is 5.69 Å². The second kappa shape index (κ2) is 7.98. The number of benzene rings is 2. The molecule has 1 heterocycles. The van der Waals surface area contributed by atoms with Gasteiger partial charge in [-0.3, -0.25) is 9.59 Å². The molecule has 2 amide bonds.